The van der Waals surface area contributed by atoms with E-state index < -0.39 is 15.9 Å². The molecule has 168 valence electrons. The number of halogens is 2. The number of hydrogen-bond donors (Lipinski definition) is 2. The molecule has 32 heavy (non-hydrogen) atoms. The molecule has 0 saturated carbocycles. The fraction of sp³-hybridized carbons (Fsp3) is 0.174. The zero-order valence-corrected chi connectivity index (χ0v) is 18.6. The molecule has 0 unspecified atom stereocenters. The van der Waals surface area contributed by atoms with Crippen molar-refractivity contribution in [2.24, 2.45) is 0 Å². The summed E-state index contributed by atoms with van der Waals surface area (Å²) in [6, 6.07) is 18.9. The highest BCUT2D eigenvalue weighted by molar-refractivity contribution is 7.89. The zero-order valence-electron chi connectivity index (χ0n) is 17.1. The highest BCUT2D eigenvalue weighted by Crippen LogP contribution is 2.20. The van der Waals surface area contributed by atoms with Gasteiger partial charge in [0, 0.05) is 13.1 Å². The summed E-state index contributed by atoms with van der Waals surface area (Å²) in [6.45, 7) is 0.486. The fourth-order valence-corrected chi connectivity index (χ4v) is 4.10. The molecular formula is C23H22ClFN2O4S. The highest BCUT2D eigenvalue weighted by Gasteiger charge is 2.18. The zero-order chi connectivity index (χ0) is 23.0. The maximum absolute atomic E-state index is 13.0. The summed E-state index contributed by atoms with van der Waals surface area (Å²) in [5.74, 6) is -0.192. The first-order valence-corrected chi connectivity index (χ1v) is 11.7. The van der Waals surface area contributed by atoms with Crippen LogP contribution >= 0.6 is 11.6 Å². The second-order valence-electron chi connectivity index (χ2n) is 6.83. The Hall–Kier alpha value is -2.94. The first kappa shape index (κ1) is 23.7. The van der Waals surface area contributed by atoms with Gasteiger partial charge < -0.3 is 10.1 Å². The summed E-state index contributed by atoms with van der Waals surface area (Å²) in [7, 11) is -3.86. The smallest absolute Gasteiger partial charge is 0.252 e. The van der Waals surface area contributed by atoms with E-state index in [1.54, 1.807) is 24.3 Å². The number of rotatable bonds is 10. The minimum absolute atomic E-state index is 0.0502. The van der Waals surface area contributed by atoms with Crippen LogP contribution in [0.3, 0.4) is 0 Å². The van der Waals surface area contributed by atoms with Crippen molar-refractivity contribution in [3.05, 3.63) is 94.8 Å². The topological polar surface area (TPSA) is 84.5 Å². The normalized spacial score (nSPS) is 11.2. The van der Waals surface area contributed by atoms with Crippen LogP contribution in [0.4, 0.5) is 4.39 Å². The maximum atomic E-state index is 13.0. The van der Waals surface area contributed by atoms with Gasteiger partial charge in [-0.25, -0.2) is 17.5 Å². The van der Waals surface area contributed by atoms with E-state index in [0.717, 1.165) is 5.56 Å². The quantitative estimate of drug-likeness (QED) is 0.436. The van der Waals surface area contributed by atoms with E-state index in [1.165, 1.54) is 30.3 Å². The van der Waals surface area contributed by atoms with Crippen LogP contribution in [0, 0.1) is 5.82 Å². The molecule has 0 aliphatic rings. The number of amides is 1. The van der Waals surface area contributed by atoms with E-state index >= 15 is 0 Å². The van der Waals surface area contributed by atoms with Gasteiger partial charge in [0.25, 0.3) is 5.91 Å². The Morgan fingerprint density at radius 1 is 0.969 bits per heavy atom. The number of sulfonamides is 1. The van der Waals surface area contributed by atoms with Crippen molar-refractivity contribution in [1.82, 2.24) is 10.0 Å². The molecule has 2 N–H and O–H groups in total. The summed E-state index contributed by atoms with van der Waals surface area (Å²) >= 11 is 6.11. The van der Waals surface area contributed by atoms with Gasteiger partial charge in [-0.2, -0.15) is 0 Å². The number of hydrogen-bond acceptors (Lipinski definition) is 4. The fourth-order valence-electron chi connectivity index (χ4n) is 2.86. The van der Waals surface area contributed by atoms with Gasteiger partial charge >= 0.3 is 0 Å². The van der Waals surface area contributed by atoms with E-state index in [-0.39, 0.29) is 41.0 Å². The van der Waals surface area contributed by atoms with Crippen molar-refractivity contribution in [3.8, 4) is 5.75 Å². The molecule has 9 heteroatoms. The van der Waals surface area contributed by atoms with Gasteiger partial charge in [-0.05, 0) is 54.4 Å². The van der Waals surface area contributed by atoms with Crippen LogP contribution < -0.4 is 14.8 Å². The maximum Gasteiger partial charge on any atom is 0.252 e. The Kier molecular flexibility index (Phi) is 8.21. The van der Waals surface area contributed by atoms with Gasteiger partial charge in [-0.1, -0.05) is 41.9 Å². The van der Waals surface area contributed by atoms with E-state index in [9.17, 15) is 17.6 Å². The monoisotopic (exact) mass is 476 g/mol. The molecule has 0 aromatic heterocycles. The Morgan fingerprint density at radius 2 is 1.69 bits per heavy atom. The van der Waals surface area contributed by atoms with E-state index in [1.807, 2.05) is 18.2 Å². The third-order valence-corrected chi connectivity index (χ3v) is 6.30. The van der Waals surface area contributed by atoms with Gasteiger partial charge in [0.15, 0.2) is 0 Å². The van der Waals surface area contributed by atoms with Crippen LogP contribution in [-0.4, -0.2) is 34.0 Å². The molecule has 0 aliphatic heterocycles. The number of nitrogens with one attached hydrogen (secondary N) is 2. The average molecular weight is 477 g/mol. The Balaban J connectivity index is 1.56. The molecule has 3 aromatic rings. The number of para-hydroxylation sites is 1. The van der Waals surface area contributed by atoms with Gasteiger partial charge in [-0.15, -0.1) is 0 Å². The third-order valence-electron chi connectivity index (χ3n) is 4.51. The lowest BCUT2D eigenvalue weighted by Crippen LogP contribution is -2.29. The lowest BCUT2D eigenvalue weighted by Gasteiger charge is -2.11. The molecule has 3 rings (SSSR count). The molecule has 0 aliphatic carbocycles. The molecular weight excluding hydrogens is 455 g/mol. The second kappa shape index (κ2) is 11.1. The van der Waals surface area contributed by atoms with Crippen LogP contribution in [-0.2, 0) is 16.4 Å². The van der Waals surface area contributed by atoms with Crippen molar-refractivity contribution in [1.29, 1.82) is 0 Å². The first-order chi connectivity index (χ1) is 15.3. The predicted molar refractivity (Wildman–Crippen MR) is 121 cm³/mol. The van der Waals surface area contributed by atoms with Crippen molar-refractivity contribution in [2.45, 2.75) is 11.3 Å². The summed E-state index contributed by atoms with van der Waals surface area (Å²) in [6.07, 6.45) is 0.491. The Labute approximate surface area is 191 Å². The highest BCUT2D eigenvalue weighted by atomic mass is 35.5. The first-order valence-electron chi connectivity index (χ1n) is 9.85. The van der Waals surface area contributed by atoms with Crippen molar-refractivity contribution in [3.63, 3.8) is 0 Å². The number of ether oxygens (including phenoxy) is 1. The van der Waals surface area contributed by atoms with Crippen molar-refractivity contribution >= 4 is 27.5 Å². The van der Waals surface area contributed by atoms with Crippen LogP contribution in [0.1, 0.15) is 15.9 Å². The molecule has 0 saturated heterocycles. The van der Waals surface area contributed by atoms with Crippen molar-refractivity contribution < 1.29 is 22.3 Å². The predicted octanol–water partition coefficient (Wildman–Crippen LogP) is 3.81. The molecule has 0 radical (unpaired) electrons. The standard InChI is InChI=1S/C23H22ClFN2O4S/c24-22-11-10-20(32(29,30)27-14-15-31-19-4-2-1-3-5-19)16-21(22)23(28)26-13-12-17-6-8-18(25)9-7-17/h1-11,16,27H,12-15H2,(H,26,28). The summed E-state index contributed by atoms with van der Waals surface area (Å²) < 4.78 is 46.1. The van der Waals surface area contributed by atoms with E-state index in [0.29, 0.717) is 12.2 Å². The van der Waals surface area contributed by atoms with Gasteiger partial charge in [-0.3, -0.25) is 4.79 Å². The molecule has 0 fully saturated rings. The summed E-state index contributed by atoms with van der Waals surface area (Å²) in [4.78, 5) is 12.4. The molecule has 6 nitrogen and oxygen atoms in total. The van der Waals surface area contributed by atoms with Crippen LogP contribution in [0.15, 0.2) is 77.7 Å². The van der Waals surface area contributed by atoms with Crippen LogP contribution in [0.25, 0.3) is 0 Å². The van der Waals surface area contributed by atoms with E-state index in [4.69, 9.17) is 16.3 Å². The van der Waals surface area contributed by atoms with Gasteiger partial charge in [0.05, 0.1) is 15.5 Å². The van der Waals surface area contributed by atoms with E-state index in [2.05, 4.69) is 10.0 Å². The lowest BCUT2D eigenvalue weighted by molar-refractivity contribution is 0.0954. The molecule has 0 heterocycles. The average Bonchev–Trinajstić information content (AvgIpc) is 2.79. The molecule has 3 aromatic carbocycles. The molecule has 0 atom stereocenters. The summed E-state index contributed by atoms with van der Waals surface area (Å²) in [5.41, 5.74) is 0.908. The Morgan fingerprint density at radius 3 is 2.41 bits per heavy atom. The SMILES string of the molecule is O=C(NCCc1ccc(F)cc1)c1cc(S(=O)(=O)NCCOc2ccccc2)ccc1Cl. The number of carbonyl (C=O) groups is 1. The minimum Gasteiger partial charge on any atom is -0.492 e. The molecule has 0 spiro atoms. The Bertz CT molecular complexity index is 1160. The van der Waals surface area contributed by atoms with Crippen LogP contribution in [0.5, 0.6) is 5.75 Å². The van der Waals surface area contributed by atoms with Gasteiger partial charge in [0.1, 0.15) is 18.2 Å². The number of carbonyl (C=O) groups excluding carboxylic acids is 1. The third kappa shape index (κ3) is 6.78. The number of benzene rings is 3. The lowest BCUT2D eigenvalue weighted by atomic mass is 10.1. The second-order valence-corrected chi connectivity index (χ2v) is 9.01. The largest absolute Gasteiger partial charge is 0.492 e. The molecule has 1 amide bonds. The molecule has 0 bridgehead atoms. The van der Waals surface area contributed by atoms with Crippen LogP contribution in [0.2, 0.25) is 5.02 Å². The van der Waals surface area contributed by atoms with Crippen molar-refractivity contribution in [2.75, 3.05) is 19.7 Å². The minimum atomic E-state index is -3.86. The van der Waals surface area contributed by atoms with Gasteiger partial charge in [0.2, 0.25) is 10.0 Å². The summed E-state index contributed by atoms with van der Waals surface area (Å²) in [5, 5.41) is 2.83.